The number of carboxylic acids is 1. The molecule has 1 aromatic rings. The van der Waals surface area contributed by atoms with Gasteiger partial charge in [0.1, 0.15) is 0 Å². The Bertz CT molecular complexity index is 561. The summed E-state index contributed by atoms with van der Waals surface area (Å²) in [4.78, 5) is 24.0. The number of benzene rings is 1. The molecule has 0 aromatic heterocycles. The van der Waals surface area contributed by atoms with E-state index in [-0.39, 0.29) is 17.5 Å². The molecule has 0 saturated heterocycles. The van der Waals surface area contributed by atoms with Gasteiger partial charge in [0.25, 0.3) is 5.91 Å². The van der Waals surface area contributed by atoms with Crippen molar-refractivity contribution in [3.63, 3.8) is 0 Å². The Kier molecular flexibility index (Phi) is 4.66. The number of carbonyl (C=O) groups is 2. The molecule has 1 amide bonds. The van der Waals surface area contributed by atoms with E-state index in [0.29, 0.717) is 16.7 Å². The Morgan fingerprint density at radius 1 is 1.24 bits per heavy atom. The molecular formula is C17H23NO3. The van der Waals surface area contributed by atoms with E-state index in [4.69, 9.17) is 0 Å². The first kappa shape index (κ1) is 15.5. The average Bonchev–Trinajstić information content (AvgIpc) is 3.23. The molecule has 0 heterocycles. The minimum Gasteiger partial charge on any atom is -0.478 e. The zero-order valence-corrected chi connectivity index (χ0v) is 12.9. The molecule has 4 heteroatoms. The summed E-state index contributed by atoms with van der Waals surface area (Å²) in [5, 5.41) is 12.4. The number of amides is 1. The zero-order valence-electron chi connectivity index (χ0n) is 12.9. The van der Waals surface area contributed by atoms with Gasteiger partial charge in [-0.3, -0.25) is 4.79 Å². The molecule has 1 fully saturated rings. The first-order chi connectivity index (χ1) is 9.93. The second-order valence-electron chi connectivity index (χ2n) is 6.01. The number of aromatic carboxylic acids is 1. The van der Waals surface area contributed by atoms with E-state index < -0.39 is 5.97 Å². The highest BCUT2D eigenvalue weighted by atomic mass is 16.4. The standard InChI is InChI=1S/C17H23NO3/c1-4-13(9-12-7-8-12)18-16(19)14-10(2)5-6-11(3)15(14)17(20)21/h5-6,12-13H,4,7-9H2,1-3H3,(H,18,19)(H,20,21). The highest BCUT2D eigenvalue weighted by molar-refractivity contribution is 6.06. The third-order valence-corrected chi connectivity index (χ3v) is 4.21. The smallest absolute Gasteiger partial charge is 0.336 e. The second-order valence-corrected chi connectivity index (χ2v) is 6.01. The third-order valence-electron chi connectivity index (χ3n) is 4.21. The van der Waals surface area contributed by atoms with Gasteiger partial charge in [-0.05, 0) is 43.7 Å². The summed E-state index contributed by atoms with van der Waals surface area (Å²) < 4.78 is 0. The Labute approximate surface area is 125 Å². The molecule has 0 bridgehead atoms. The molecule has 1 atom stereocenters. The van der Waals surface area contributed by atoms with Gasteiger partial charge in [-0.2, -0.15) is 0 Å². The molecule has 114 valence electrons. The fourth-order valence-electron chi connectivity index (χ4n) is 2.72. The van der Waals surface area contributed by atoms with Crippen molar-refractivity contribution in [1.29, 1.82) is 0 Å². The predicted molar refractivity (Wildman–Crippen MR) is 81.8 cm³/mol. The molecule has 2 N–H and O–H groups in total. The lowest BCUT2D eigenvalue weighted by Crippen LogP contribution is -2.36. The molecule has 1 aliphatic carbocycles. The van der Waals surface area contributed by atoms with Crippen molar-refractivity contribution in [3.8, 4) is 0 Å². The summed E-state index contributed by atoms with van der Waals surface area (Å²) in [6.45, 7) is 5.55. The largest absolute Gasteiger partial charge is 0.478 e. The third kappa shape index (κ3) is 3.63. The van der Waals surface area contributed by atoms with Gasteiger partial charge < -0.3 is 10.4 Å². The normalized spacial score (nSPS) is 15.6. The number of hydrogen-bond donors (Lipinski definition) is 2. The monoisotopic (exact) mass is 289 g/mol. The highest BCUT2D eigenvalue weighted by Gasteiger charge is 2.27. The minimum absolute atomic E-state index is 0.119. The first-order valence-electron chi connectivity index (χ1n) is 7.58. The Hall–Kier alpha value is -1.84. The van der Waals surface area contributed by atoms with E-state index >= 15 is 0 Å². The number of rotatable bonds is 6. The van der Waals surface area contributed by atoms with Gasteiger partial charge in [0.15, 0.2) is 0 Å². The maximum absolute atomic E-state index is 12.5. The van der Waals surface area contributed by atoms with Crippen molar-refractivity contribution >= 4 is 11.9 Å². The summed E-state index contributed by atoms with van der Waals surface area (Å²) in [6, 6.07) is 3.68. The molecule has 0 radical (unpaired) electrons. The predicted octanol–water partition coefficient (Wildman–Crippen LogP) is 3.31. The number of hydrogen-bond acceptors (Lipinski definition) is 2. The van der Waals surface area contributed by atoms with E-state index in [0.717, 1.165) is 18.8 Å². The van der Waals surface area contributed by atoms with E-state index in [1.54, 1.807) is 26.0 Å². The van der Waals surface area contributed by atoms with Crippen LogP contribution in [-0.2, 0) is 0 Å². The molecular weight excluding hydrogens is 266 g/mol. The summed E-state index contributed by atoms with van der Waals surface area (Å²) in [6.07, 6.45) is 4.36. The fraction of sp³-hybridized carbons (Fsp3) is 0.529. The molecule has 1 unspecified atom stereocenters. The first-order valence-corrected chi connectivity index (χ1v) is 7.58. The van der Waals surface area contributed by atoms with Crippen LogP contribution in [0.2, 0.25) is 0 Å². The van der Waals surface area contributed by atoms with Crippen LogP contribution in [0, 0.1) is 19.8 Å². The molecule has 0 spiro atoms. The van der Waals surface area contributed by atoms with Crippen LogP contribution in [0.4, 0.5) is 0 Å². The van der Waals surface area contributed by atoms with Crippen molar-refractivity contribution in [1.82, 2.24) is 5.32 Å². The Balaban J connectivity index is 2.25. The van der Waals surface area contributed by atoms with E-state index in [9.17, 15) is 14.7 Å². The fourth-order valence-corrected chi connectivity index (χ4v) is 2.72. The molecule has 4 nitrogen and oxygen atoms in total. The number of nitrogens with one attached hydrogen (secondary N) is 1. The lowest BCUT2D eigenvalue weighted by Gasteiger charge is -2.19. The van der Waals surface area contributed by atoms with Crippen LogP contribution in [0.15, 0.2) is 12.1 Å². The van der Waals surface area contributed by atoms with Gasteiger partial charge in [-0.25, -0.2) is 4.79 Å². The molecule has 0 aliphatic heterocycles. The summed E-state index contributed by atoms with van der Waals surface area (Å²) >= 11 is 0. The van der Waals surface area contributed by atoms with Gasteiger partial charge in [0.05, 0.1) is 11.1 Å². The van der Waals surface area contributed by atoms with Crippen molar-refractivity contribution in [2.75, 3.05) is 0 Å². The lowest BCUT2D eigenvalue weighted by molar-refractivity contribution is 0.0689. The van der Waals surface area contributed by atoms with Crippen molar-refractivity contribution < 1.29 is 14.7 Å². The van der Waals surface area contributed by atoms with Crippen LogP contribution in [0.3, 0.4) is 0 Å². The molecule has 1 aromatic carbocycles. The highest BCUT2D eigenvalue weighted by Crippen LogP contribution is 2.34. The van der Waals surface area contributed by atoms with Crippen LogP contribution in [0.1, 0.15) is 64.4 Å². The van der Waals surface area contributed by atoms with Gasteiger partial charge in [-0.1, -0.05) is 31.9 Å². The average molecular weight is 289 g/mol. The summed E-state index contributed by atoms with van der Waals surface area (Å²) in [7, 11) is 0. The van der Waals surface area contributed by atoms with Crippen molar-refractivity contribution in [2.24, 2.45) is 5.92 Å². The van der Waals surface area contributed by atoms with Gasteiger partial charge >= 0.3 is 5.97 Å². The van der Waals surface area contributed by atoms with Gasteiger partial charge in [0.2, 0.25) is 0 Å². The Morgan fingerprint density at radius 2 is 1.81 bits per heavy atom. The van der Waals surface area contributed by atoms with E-state index in [2.05, 4.69) is 12.2 Å². The molecule has 1 aliphatic rings. The lowest BCUT2D eigenvalue weighted by atomic mass is 9.96. The minimum atomic E-state index is -1.04. The van der Waals surface area contributed by atoms with E-state index in [1.165, 1.54) is 12.8 Å². The molecule has 1 saturated carbocycles. The Morgan fingerprint density at radius 3 is 2.29 bits per heavy atom. The molecule has 2 rings (SSSR count). The van der Waals surface area contributed by atoms with Gasteiger partial charge in [-0.15, -0.1) is 0 Å². The number of carboxylic acid groups (broad SMARTS) is 1. The summed E-state index contributed by atoms with van der Waals surface area (Å²) in [5.41, 5.74) is 1.75. The maximum Gasteiger partial charge on any atom is 0.336 e. The van der Waals surface area contributed by atoms with Crippen molar-refractivity contribution in [3.05, 3.63) is 34.4 Å². The van der Waals surface area contributed by atoms with E-state index in [1.807, 2.05) is 0 Å². The molecule has 21 heavy (non-hydrogen) atoms. The second kappa shape index (κ2) is 6.29. The van der Waals surface area contributed by atoms with Crippen LogP contribution in [-0.4, -0.2) is 23.0 Å². The van der Waals surface area contributed by atoms with Crippen LogP contribution >= 0.6 is 0 Å². The number of aryl methyl sites for hydroxylation is 2. The maximum atomic E-state index is 12.5. The summed E-state index contributed by atoms with van der Waals surface area (Å²) in [5.74, 6) is -0.578. The SMILES string of the molecule is CCC(CC1CC1)NC(=O)c1c(C)ccc(C)c1C(=O)O. The topological polar surface area (TPSA) is 66.4 Å². The van der Waals surface area contributed by atoms with Crippen molar-refractivity contribution in [2.45, 2.75) is 52.5 Å². The van der Waals surface area contributed by atoms with Gasteiger partial charge in [0, 0.05) is 6.04 Å². The zero-order chi connectivity index (χ0) is 15.6. The van der Waals surface area contributed by atoms with Crippen LogP contribution in [0.25, 0.3) is 0 Å². The quantitative estimate of drug-likeness (QED) is 0.844. The number of carbonyl (C=O) groups excluding carboxylic acids is 1. The van der Waals surface area contributed by atoms with Crippen LogP contribution < -0.4 is 5.32 Å². The van der Waals surface area contributed by atoms with Crippen LogP contribution in [0.5, 0.6) is 0 Å².